The van der Waals surface area contributed by atoms with E-state index in [1.807, 2.05) is 93.6 Å². The van der Waals surface area contributed by atoms with Gasteiger partial charge in [-0.15, -0.1) is 0 Å². The third-order valence-electron chi connectivity index (χ3n) is 4.59. The van der Waals surface area contributed by atoms with Gasteiger partial charge in [-0.3, -0.25) is 4.79 Å². The standard InChI is InChI=1S/C24H25NO3/c1-4-22(28-23-12-8-9-17(2)18(23)3)24(26)25-19-13-15-21(16-14-19)27-20-10-6-5-7-11-20/h5-16,22H,4H2,1-3H3,(H,25,26)/t22-/m0/s1. The number of nitrogens with one attached hydrogen (secondary N) is 1. The quantitative estimate of drug-likeness (QED) is 0.560. The molecule has 0 aromatic heterocycles. The van der Waals surface area contributed by atoms with Crippen LogP contribution in [0, 0.1) is 13.8 Å². The van der Waals surface area contributed by atoms with Gasteiger partial charge in [0.15, 0.2) is 6.10 Å². The second-order valence-electron chi connectivity index (χ2n) is 6.64. The van der Waals surface area contributed by atoms with Gasteiger partial charge in [0.1, 0.15) is 17.2 Å². The summed E-state index contributed by atoms with van der Waals surface area (Å²) in [6.45, 7) is 5.97. The van der Waals surface area contributed by atoms with Crippen LogP contribution in [-0.2, 0) is 4.79 Å². The molecule has 3 aromatic rings. The van der Waals surface area contributed by atoms with Crippen LogP contribution < -0.4 is 14.8 Å². The Morgan fingerprint density at radius 2 is 1.57 bits per heavy atom. The zero-order chi connectivity index (χ0) is 19.9. The van der Waals surface area contributed by atoms with Crippen molar-refractivity contribution in [2.45, 2.75) is 33.3 Å². The van der Waals surface area contributed by atoms with Crippen LogP contribution >= 0.6 is 0 Å². The molecule has 4 nitrogen and oxygen atoms in total. The molecule has 0 saturated heterocycles. The molecule has 0 fully saturated rings. The fraction of sp³-hybridized carbons (Fsp3) is 0.208. The van der Waals surface area contributed by atoms with Crippen molar-refractivity contribution in [2.75, 3.05) is 5.32 Å². The molecule has 3 aromatic carbocycles. The molecule has 0 aliphatic carbocycles. The van der Waals surface area contributed by atoms with Crippen molar-refractivity contribution in [3.05, 3.63) is 83.9 Å². The van der Waals surface area contributed by atoms with Crippen LogP contribution in [0.5, 0.6) is 17.2 Å². The van der Waals surface area contributed by atoms with Gasteiger partial charge in [0.2, 0.25) is 0 Å². The molecule has 0 unspecified atom stereocenters. The van der Waals surface area contributed by atoms with Gasteiger partial charge in [-0.1, -0.05) is 37.3 Å². The summed E-state index contributed by atoms with van der Waals surface area (Å²) in [4.78, 5) is 12.7. The minimum absolute atomic E-state index is 0.167. The number of hydrogen-bond donors (Lipinski definition) is 1. The molecule has 0 bridgehead atoms. The molecule has 0 spiro atoms. The van der Waals surface area contributed by atoms with Crippen molar-refractivity contribution < 1.29 is 14.3 Å². The Morgan fingerprint density at radius 3 is 2.25 bits per heavy atom. The molecule has 0 heterocycles. The largest absolute Gasteiger partial charge is 0.480 e. The van der Waals surface area contributed by atoms with Crippen molar-refractivity contribution in [3.8, 4) is 17.2 Å². The number of ether oxygens (including phenoxy) is 2. The summed E-state index contributed by atoms with van der Waals surface area (Å²) in [6, 6.07) is 22.7. The number of rotatable bonds is 7. The summed E-state index contributed by atoms with van der Waals surface area (Å²) in [5.41, 5.74) is 2.89. The summed E-state index contributed by atoms with van der Waals surface area (Å²) < 4.78 is 11.7. The van der Waals surface area contributed by atoms with Gasteiger partial charge < -0.3 is 14.8 Å². The van der Waals surface area contributed by atoms with Crippen LogP contribution in [0.15, 0.2) is 72.8 Å². The van der Waals surface area contributed by atoms with Gasteiger partial charge in [0.25, 0.3) is 5.91 Å². The Labute approximate surface area is 166 Å². The number of benzene rings is 3. The third kappa shape index (κ3) is 4.92. The number of para-hydroxylation sites is 1. The molecule has 0 aliphatic heterocycles. The number of carbonyl (C=O) groups is 1. The van der Waals surface area contributed by atoms with Crippen molar-refractivity contribution in [1.29, 1.82) is 0 Å². The lowest BCUT2D eigenvalue weighted by molar-refractivity contribution is -0.122. The van der Waals surface area contributed by atoms with Crippen molar-refractivity contribution in [3.63, 3.8) is 0 Å². The highest BCUT2D eigenvalue weighted by molar-refractivity contribution is 5.94. The summed E-state index contributed by atoms with van der Waals surface area (Å²) >= 11 is 0. The van der Waals surface area contributed by atoms with Crippen LogP contribution in [0.3, 0.4) is 0 Å². The number of carbonyl (C=O) groups excluding carboxylic acids is 1. The molecule has 3 rings (SSSR count). The van der Waals surface area contributed by atoms with E-state index < -0.39 is 6.10 Å². The van der Waals surface area contributed by atoms with E-state index in [2.05, 4.69) is 5.32 Å². The third-order valence-corrected chi connectivity index (χ3v) is 4.59. The summed E-state index contributed by atoms with van der Waals surface area (Å²) in [5, 5.41) is 2.92. The van der Waals surface area contributed by atoms with Crippen LogP contribution in [0.4, 0.5) is 5.69 Å². The lowest BCUT2D eigenvalue weighted by Gasteiger charge is -2.19. The molecular formula is C24H25NO3. The lowest BCUT2D eigenvalue weighted by Crippen LogP contribution is -2.32. The highest BCUT2D eigenvalue weighted by atomic mass is 16.5. The summed E-state index contributed by atoms with van der Waals surface area (Å²) in [6.07, 6.45) is 0.0229. The Bertz CT molecular complexity index is 920. The lowest BCUT2D eigenvalue weighted by atomic mass is 10.1. The monoisotopic (exact) mass is 375 g/mol. The highest BCUT2D eigenvalue weighted by Crippen LogP contribution is 2.24. The minimum atomic E-state index is -0.555. The minimum Gasteiger partial charge on any atom is -0.480 e. The van der Waals surface area contributed by atoms with Crippen LogP contribution in [0.2, 0.25) is 0 Å². The van der Waals surface area contributed by atoms with Gasteiger partial charge in [-0.2, -0.15) is 0 Å². The van der Waals surface area contributed by atoms with E-state index in [1.54, 1.807) is 0 Å². The maximum atomic E-state index is 12.7. The maximum Gasteiger partial charge on any atom is 0.265 e. The Morgan fingerprint density at radius 1 is 0.893 bits per heavy atom. The molecule has 1 atom stereocenters. The molecular weight excluding hydrogens is 350 g/mol. The molecule has 1 N–H and O–H groups in total. The molecule has 0 aliphatic rings. The van der Waals surface area contributed by atoms with Crippen molar-refractivity contribution in [2.24, 2.45) is 0 Å². The van der Waals surface area contributed by atoms with Gasteiger partial charge >= 0.3 is 0 Å². The molecule has 0 saturated carbocycles. The second-order valence-corrected chi connectivity index (χ2v) is 6.64. The van der Waals surface area contributed by atoms with Gasteiger partial charge in [0.05, 0.1) is 0 Å². The molecule has 1 amide bonds. The van der Waals surface area contributed by atoms with E-state index in [0.717, 1.165) is 22.6 Å². The second kappa shape index (κ2) is 9.09. The van der Waals surface area contributed by atoms with E-state index in [0.29, 0.717) is 17.9 Å². The average Bonchev–Trinajstić information content (AvgIpc) is 2.71. The SMILES string of the molecule is CC[C@H](Oc1cccc(C)c1C)C(=O)Nc1ccc(Oc2ccccc2)cc1. The molecule has 0 radical (unpaired) electrons. The van der Waals surface area contributed by atoms with E-state index >= 15 is 0 Å². The molecule has 144 valence electrons. The first kappa shape index (κ1) is 19.5. The predicted molar refractivity (Wildman–Crippen MR) is 112 cm³/mol. The summed E-state index contributed by atoms with van der Waals surface area (Å²) in [7, 11) is 0. The zero-order valence-corrected chi connectivity index (χ0v) is 16.4. The average molecular weight is 375 g/mol. The van der Waals surface area contributed by atoms with E-state index in [-0.39, 0.29) is 5.91 Å². The fourth-order valence-corrected chi connectivity index (χ4v) is 2.78. The van der Waals surface area contributed by atoms with Crippen LogP contribution in [0.25, 0.3) is 0 Å². The number of amides is 1. The fourth-order valence-electron chi connectivity index (χ4n) is 2.78. The first-order chi connectivity index (χ1) is 13.6. The maximum absolute atomic E-state index is 12.7. The number of hydrogen-bond acceptors (Lipinski definition) is 3. The first-order valence-corrected chi connectivity index (χ1v) is 9.43. The smallest absolute Gasteiger partial charge is 0.265 e. The Balaban J connectivity index is 1.63. The Kier molecular flexibility index (Phi) is 6.33. The predicted octanol–water partition coefficient (Wildman–Crippen LogP) is 5.89. The van der Waals surface area contributed by atoms with Crippen LogP contribution in [-0.4, -0.2) is 12.0 Å². The highest BCUT2D eigenvalue weighted by Gasteiger charge is 2.19. The number of aryl methyl sites for hydroxylation is 1. The van der Waals surface area contributed by atoms with E-state index in [4.69, 9.17) is 9.47 Å². The number of anilines is 1. The Hall–Kier alpha value is -3.27. The van der Waals surface area contributed by atoms with Gasteiger partial charge in [-0.25, -0.2) is 0 Å². The van der Waals surface area contributed by atoms with Crippen LogP contribution in [0.1, 0.15) is 24.5 Å². The normalized spacial score (nSPS) is 11.5. The first-order valence-electron chi connectivity index (χ1n) is 9.43. The van der Waals surface area contributed by atoms with Crippen molar-refractivity contribution >= 4 is 11.6 Å². The summed E-state index contributed by atoms with van der Waals surface area (Å²) in [5.74, 6) is 2.06. The van der Waals surface area contributed by atoms with Gasteiger partial charge in [-0.05, 0) is 73.9 Å². The molecule has 4 heteroatoms. The topological polar surface area (TPSA) is 47.6 Å². The zero-order valence-electron chi connectivity index (χ0n) is 16.4. The van der Waals surface area contributed by atoms with E-state index in [1.165, 1.54) is 0 Å². The molecule has 28 heavy (non-hydrogen) atoms. The van der Waals surface area contributed by atoms with Gasteiger partial charge in [0, 0.05) is 5.69 Å². The van der Waals surface area contributed by atoms with E-state index in [9.17, 15) is 4.79 Å². The van der Waals surface area contributed by atoms with Crippen molar-refractivity contribution in [1.82, 2.24) is 0 Å².